The monoisotopic (exact) mass is 295 g/mol. The van der Waals surface area contributed by atoms with Crippen molar-refractivity contribution in [1.29, 1.82) is 0 Å². The fourth-order valence-electron chi connectivity index (χ4n) is 2.82. The molecule has 1 aliphatic heterocycles. The van der Waals surface area contributed by atoms with E-state index in [2.05, 4.69) is 25.0 Å². The normalized spacial score (nSPS) is 19.4. The van der Waals surface area contributed by atoms with Crippen LogP contribution in [0.2, 0.25) is 0 Å². The lowest BCUT2D eigenvalue weighted by Crippen LogP contribution is -2.47. The minimum Gasteiger partial charge on any atom is -0.496 e. The summed E-state index contributed by atoms with van der Waals surface area (Å²) < 4.78 is 11.5. The van der Waals surface area contributed by atoms with Crippen LogP contribution in [0.4, 0.5) is 0 Å². The first-order chi connectivity index (χ1) is 9.71. The molecule has 0 saturated heterocycles. The average molecular weight is 295 g/mol. The highest BCUT2D eigenvalue weighted by molar-refractivity contribution is 7.99. The largest absolute Gasteiger partial charge is 0.496 e. The molecule has 0 N–H and O–H groups in total. The van der Waals surface area contributed by atoms with Crippen LogP contribution in [0.25, 0.3) is 0 Å². The number of nitrogens with zero attached hydrogens (tertiary/aromatic N) is 1. The second-order valence-corrected chi connectivity index (χ2v) is 6.33. The standard InChI is InChI=1S/C16H25NO2S/c1-5-9-17(12(2)20-4)13-10-14-15(18-3)7-6-8-16(14)19-11-13/h6-8,12-13H,5,9-11H2,1-4H3. The van der Waals surface area contributed by atoms with E-state index in [0.717, 1.165) is 31.1 Å². The van der Waals surface area contributed by atoms with Crippen LogP contribution in [-0.4, -0.2) is 42.8 Å². The van der Waals surface area contributed by atoms with E-state index < -0.39 is 0 Å². The van der Waals surface area contributed by atoms with Gasteiger partial charge in [-0.05, 0) is 44.7 Å². The van der Waals surface area contributed by atoms with Crippen molar-refractivity contribution in [3.63, 3.8) is 0 Å². The maximum Gasteiger partial charge on any atom is 0.126 e. The molecule has 2 unspecified atom stereocenters. The van der Waals surface area contributed by atoms with Gasteiger partial charge in [0.1, 0.15) is 18.1 Å². The van der Waals surface area contributed by atoms with E-state index in [-0.39, 0.29) is 0 Å². The van der Waals surface area contributed by atoms with Crippen molar-refractivity contribution in [2.24, 2.45) is 0 Å². The highest BCUT2D eigenvalue weighted by Crippen LogP contribution is 2.34. The summed E-state index contributed by atoms with van der Waals surface area (Å²) in [5.41, 5.74) is 1.21. The van der Waals surface area contributed by atoms with E-state index in [1.807, 2.05) is 30.0 Å². The van der Waals surface area contributed by atoms with Crippen LogP contribution < -0.4 is 9.47 Å². The van der Waals surface area contributed by atoms with Crippen LogP contribution in [0.3, 0.4) is 0 Å². The molecule has 0 aliphatic carbocycles. The zero-order valence-corrected chi connectivity index (χ0v) is 13.7. The van der Waals surface area contributed by atoms with Gasteiger partial charge < -0.3 is 9.47 Å². The number of fused-ring (bicyclic) bond motifs is 1. The molecule has 4 heteroatoms. The Labute approximate surface area is 126 Å². The van der Waals surface area contributed by atoms with Gasteiger partial charge in [-0.15, -0.1) is 11.8 Å². The molecular weight excluding hydrogens is 270 g/mol. The SMILES string of the molecule is CCCN(C1COc2cccc(OC)c2C1)C(C)SC. The molecule has 0 radical (unpaired) electrons. The number of benzene rings is 1. The second-order valence-electron chi connectivity index (χ2n) is 5.18. The minimum atomic E-state index is 0.432. The van der Waals surface area contributed by atoms with Gasteiger partial charge in [0.05, 0.1) is 12.5 Å². The van der Waals surface area contributed by atoms with Gasteiger partial charge in [0.15, 0.2) is 0 Å². The number of hydrogen-bond donors (Lipinski definition) is 0. The van der Waals surface area contributed by atoms with E-state index in [0.29, 0.717) is 11.4 Å². The van der Waals surface area contributed by atoms with Gasteiger partial charge in [0.2, 0.25) is 0 Å². The Balaban J connectivity index is 2.20. The summed E-state index contributed by atoms with van der Waals surface area (Å²) in [6, 6.07) is 6.48. The van der Waals surface area contributed by atoms with Gasteiger partial charge in [-0.2, -0.15) is 0 Å². The van der Waals surface area contributed by atoms with Crippen molar-refractivity contribution in [3.8, 4) is 11.5 Å². The Morgan fingerprint density at radius 2 is 2.30 bits per heavy atom. The van der Waals surface area contributed by atoms with Gasteiger partial charge in [0.25, 0.3) is 0 Å². The van der Waals surface area contributed by atoms with Gasteiger partial charge >= 0.3 is 0 Å². The molecule has 0 fully saturated rings. The summed E-state index contributed by atoms with van der Waals surface area (Å²) >= 11 is 1.90. The molecule has 112 valence electrons. The molecule has 3 nitrogen and oxygen atoms in total. The number of methoxy groups -OCH3 is 1. The molecule has 0 bridgehead atoms. The van der Waals surface area contributed by atoms with E-state index in [4.69, 9.17) is 9.47 Å². The van der Waals surface area contributed by atoms with Crippen LogP contribution in [0.5, 0.6) is 11.5 Å². The van der Waals surface area contributed by atoms with Crippen LogP contribution in [0, 0.1) is 0 Å². The summed E-state index contributed by atoms with van der Waals surface area (Å²) in [5.74, 6) is 1.93. The molecule has 0 amide bonds. The number of rotatable bonds is 6. The summed E-state index contributed by atoms with van der Waals surface area (Å²) in [6.45, 7) is 6.39. The Bertz CT molecular complexity index is 424. The summed E-state index contributed by atoms with van der Waals surface area (Å²) in [7, 11) is 1.73. The maximum atomic E-state index is 5.97. The van der Waals surface area contributed by atoms with Crippen molar-refractivity contribution in [3.05, 3.63) is 23.8 Å². The highest BCUT2D eigenvalue weighted by Gasteiger charge is 2.29. The second kappa shape index (κ2) is 7.23. The zero-order valence-electron chi connectivity index (χ0n) is 12.9. The summed E-state index contributed by atoms with van der Waals surface area (Å²) in [4.78, 5) is 2.56. The number of hydrogen-bond acceptors (Lipinski definition) is 4. The van der Waals surface area contributed by atoms with Crippen molar-refractivity contribution < 1.29 is 9.47 Å². The lowest BCUT2D eigenvalue weighted by molar-refractivity contribution is 0.113. The van der Waals surface area contributed by atoms with Gasteiger partial charge in [-0.1, -0.05) is 13.0 Å². The van der Waals surface area contributed by atoms with Crippen LogP contribution in [0.1, 0.15) is 25.8 Å². The molecule has 2 rings (SSSR count). The van der Waals surface area contributed by atoms with E-state index in [9.17, 15) is 0 Å². The molecule has 1 aliphatic rings. The zero-order chi connectivity index (χ0) is 14.5. The topological polar surface area (TPSA) is 21.7 Å². The fraction of sp³-hybridized carbons (Fsp3) is 0.625. The molecular formula is C16H25NO2S. The van der Waals surface area contributed by atoms with E-state index in [1.165, 1.54) is 12.0 Å². The van der Waals surface area contributed by atoms with Crippen molar-refractivity contribution in [1.82, 2.24) is 4.90 Å². The first kappa shape index (κ1) is 15.5. The molecule has 1 aromatic carbocycles. The predicted molar refractivity (Wildman–Crippen MR) is 86.0 cm³/mol. The molecule has 20 heavy (non-hydrogen) atoms. The van der Waals surface area contributed by atoms with Crippen molar-refractivity contribution >= 4 is 11.8 Å². The Morgan fingerprint density at radius 1 is 1.50 bits per heavy atom. The first-order valence-electron chi connectivity index (χ1n) is 7.28. The van der Waals surface area contributed by atoms with Crippen LogP contribution >= 0.6 is 11.8 Å². The van der Waals surface area contributed by atoms with Crippen molar-refractivity contribution in [2.75, 3.05) is 26.5 Å². The quantitative estimate of drug-likeness (QED) is 0.750. The average Bonchev–Trinajstić information content (AvgIpc) is 2.50. The van der Waals surface area contributed by atoms with Crippen LogP contribution in [0.15, 0.2) is 18.2 Å². The minimum absolute atomic E-state index is 0.432. The molecule has 1 heterocycles. The Hall–Kier alpha value is -0.870. The molecule has 0 spiro atoms. The Kier molecular flexibility index (Phi) is 5.61. The molecule has 0 saturated carbocycles. The summed E-state index contributed by atoms with van der Waals surface area (Å²) in [6.07, 6.45) is 4.34. The fourth-order valence-corrected chi connectivity index (χ4v) is 3.37. The van der Waals surface area contributed by atoms with Gasteiger partial charge in [0, 0.05) is 11.6 Å². The molecule has 2 atom stereocenters. The third kappa shape index (κ3) is 3.23. The molecule has 1 aromatic rings. The lowest BCUT2D eigenvalue weighted by Gasteiger charge is -2.38. The highest BCUT2D eigenvalue weighted by atomic mass is 32.2. The van der Waals surface area contributed by atoms with E-state index in [1.54, 1.807) is 7.11 Å². The predicted octanol–water partition coefficient (Wildman–Crippen LogP) is 3.42. The smallest absolute Gasteiger partial charge is 0.126 e. The maximum absolute atomic E-state index is 5.97. The van der Waals surface area contributed by atoms with E-state index >= 15 is 0 Å². The number of thioether (sulfide) groups is 1. The molecule has 0 aromatic heterocycles. The lowest BCUT2D eigenvalue weighted by atomic mass is 10.00. The third-order valence-corrected chi connectivity index (χ3v) is 4.89. The van der Waals surface area contributed by atoms with Crippen LogP contribution in [-0.2, 0) is 6.42 Å². The Morgan fingerprint density at radius 3 is 2.95 bits per heavy atom. The van der Waals surface area contributed by atoms with Gasteiger partial charge in [-0.25, -0.2) is 0 Å². The summed E-state index contributed by atoms with van der Waals surface area (Å²) in [5, 5.41) is 0.514. The third-order valence-electron chi connectivity index (χ3n) is 3.94. The number of ether oxygens (including phenoxy) is 2. The van der Waals surface area contributed by atoms with Gasteiger partial charge in [-0.3, -0.25) is 4.90 Å². The van der Waals surface area contributed by atoms with Crippen molar-refractivity contribution in [2.45, 2.75) is 38.1 Å². The first-order valence-corrected chi connectivity index (χ1v) is 8.57.